The van der Waals surface area contributed by atoms with Crippen LogP contribution in [0, 0.1) is 0 Å². The normalized spacial score (nSPS) is 20.4. The Hall–Kier alpha value is -0.810. The Morgan fingerprint density at radius 1 is 1.37 bits per heavy atom. The number of nitrogens with one attached hydrogen (secondary N) is 1. The fourth-order valence-corrected chi connectivity index (χ4v) is 2.39. The van der Waals surface area contributed by atoms with Crippen LogP contribution in [0.15, 0.2) is 24.3 Å². The second-order valence-corrected chi connectivity index (χ2v) is 5.17. The van der Waals surface area contributed by atoms with Gasteiger partial charge in [0.2, 0.25) is 0 Å². The third-order valence-electron chi connectivity index (χ3n) is 3.35. The van der Waals surface area contributed by atoms with Crippen molar-refractivity contribution in [2.75, 3.05) is 39.4 Å². The summed E-state index contributed by atoms with van der Waals surface area (Å²) in [5, 5.41) is 13.3. The second-order valence-electron chi connectivity index (χ2n) is 4.73. The molecule has 0 radical (unpaired) electrons. The minimum Gasteiger partial charge on any atom is -0.494 e. The third kappa shape index (κ3) is 4.66. The first-order valence-corrected chi connectivity index (χ1v) is 7.11. The topological polar surface area (TPSA) is 44.7 Å². The molecule has 0 aromatic heterocycles. The Balaban J connectivity index is 1.67. The van der Waals surface area contributed by atoms with Crippen molar-refractivity contribution in [1.29, 1.82) is 0 Å². The minimum absolute atomic E-state index is 0.213. The molecule has 0 spiro atoms. The molecule has 4 nitrogen and oxygen atoms in total. The molecule has 5 heteroatoms. The summed E-state index contributed by atoms with van der Waals surface area (Å²) in [5.41, 5.74) is 0. The molecule has 1 fully saturated rings. The molecule has 1 saturated heterocycles. The summed E-state index contributed by atoms with van der Waals surface area (Å²) in [6.45, 7) is 4.71. The van der Waals surface area contributed by atoms with Crippen LogP contribution in [0.5, 0.6) is 5.75 Å². The molecule has 1 aliphatic rings. The lowest BCUT2D eigenvalue weighted by Crippen LogP contribution is -2.53. The van der Waals surface area contributed by atoms with Crippen molar-refractivity contribution in [2.45, 2.75) is 12.5 Å². The smallest absolute Gasteiger partial charge is 0.119 e. The average Bonchev–Trinajstić information content (AvgIpc) is 2.46. The maximum absolute atomic E-state index is 9.30. The SMILES string of the molecule is OCC1CNCCN1CCCOc1ccc(Cl)cc1. The highest BCUT2D eigenvalue weighted by Gasteiger charge is 2.20. The lowest BCUT2D eigenvalue weighted by molar-refractivity contribution is 0.0951. The highest BCUT2D eigenvalue weighted by molar-refractivity contribution is 6.30. The van der Waals surface area contributed by atoms with Gasteiger partial charge >= 0.3 is 0 Å². The van der Waals surface area contributed by atoms with Gasteiger partial charge in [0, 0.05) is 37.2 Å². The monoisotopic (exact) mass is 284 g/mol. The number of aliphatic hydroxyl groups is 1. The molecule has 1 aliphatic heterocycles. The molecule has 2 rings (SSSR count). The van der Waals surface area contributed by atoms with Gasteiger partial charge < -0.3 is 15.2 Å². The number of benzene rings is 1. The highest BCUT2D eigenvalue weighted by Crippen LogP contribution is 2.15. The van der Waals surface area contributed by atoms with Crippen molar-refractivity contribution in [3.8, 4) is 5.75 Å². The number of nitrogens with zero attached hydrogens (tertiary/aromatic N) is 1. The summed E-state index contributed by atoms with van der Waals surface area (Å²) in [6, 6.07) is 7.65. The Labute approximate surface area is 119 Å². The molecule has 1 atom stereocenters. The summed E-state index contributed by atoms with van der Waals surface area (Å²) >= 11 is 5.81. The second kappa shape index (κ2) is 7.70. The van der Waals surface area contributed by atoms with Crippen molar-refractivity contribution in [2.24, 2.45) is 0 Å². The number of ether oxygens (including phenoxy) is 1. The van der Waals surface area contributed by atoms with Gasteiger partial charge in [0.25, 0.3) is 0 Å². The van der Waals surface area contributed by atoms with Gasteiger partial charge in [0.1, 0.15) is 5.75 Å². The van der Waals surface area contributed by atoms with E-state index in [4.69, 9.17) is 16.3 Å². The molecular weight excluding hydrogens is 264 g/mol. The number of hydrogen-bond acceptors (Lipinski definition) is 4. The molecule has 0 saturated carbocycles. The van der Waals surface area contributed by atoms with Crippen LogP contribution in [0.3, 0.4) is 0 Å². The van der Waals surface area contributed by atoms with Crippen LogP contribution in [0.25, 0.3) is 0 Å². The van der Waals surface area contributed by atoms with Gasteiger partial charge in [-0.2, -0.15) is 0 Å². The van der Waals surface area contributed by atoms with Crippen molar-refractivity contribution < 1.29 is 9.84 Å². The molecule has 2 N–H and O–H groups in total. The van der Waals surface area contributed by atoms with Gasteiger partial charge in [-0.25, -0.2) is 0 Å². The molecule has 1 unspecified atom stereocenters. The van der Waals surface area contributed by atoms with Crippen molar-refractivity contribution in [3.05, 3.63) is 29.3 Å². The molecule has 0 bridgehead atoms. The molecule has 0 amide bonds. The predicted octanol–water partition coefficient (Wildman–Crippen LogP) is 1.38. The maximum atomic E-state index is 9.30. The Morgan fingerprint density at radius 2 is 2.16 bits per heavy atom. The first kappa shape index (κ1) is 14.6. The van der Waals surface area contributed by atoms with Crippen molar-refractivity contribution >= 4 is 11.6 Å². The van der Waals surface area contributed by atoms with Crippen LogP contribution in [0.1, 0.15) is 6.42 Å². The van der Waals surface area contributed by atoms with Crippen molar-refractivity contribution in [3.63, 3.8) is 0 Å². The summed E-state index contributed by atoms with van der Waals surface area (Å²) in [4.78, 5) is 2.32. The molecule has 106 valence electrons. The summed E-state index contributed by atoms with van der Waals surface area (Å²) in [7, 11) is 0. The Kier molecular flexibility index (Phi) is 5.92. The minimum atomic E-state index is 0.213. The zero-order valence-corrected chi connectivity index (χ0v) is 11.8. The van der Waals surface area contributed by atoms with Gasteiger partial charge in [0.05, 0.1) is 13.2 Å². The number of rotatable bonds is 6. The first-order chi connectivity index (χ1) is 9.29. The Morgan fingerprint density at radius 3 is 2.89 bits per heavy atom. The molecule has 0 aliphatic carbocycles. The number of piperazine rings is 1. The number of aliphatic hydroxyl groups excluding tert-OH is 1. The van der Waals surface area contributed by atoms with Crippen LogP contribution >= 0.6 is 11.6 Å². The van der Waals surface area contributed by atoms with Gasteiger partial charge in [0.15, 0.2) is 0 Å². The van der Waals surface area contributed by atoms with E-state index in [1.807, 2.05) is 24.3 Å². The van der Waals surface area contributed by atoms with E-state index in [-0.39, 0.29) is 12.6 Å². The number of hydrogen-bond donors (Lipinski definition) is 2. The molecular formula is C14H21ClN2O2. The van der Waals surface area contributed by atoms with Gasteiger partial charge in [-0.05, 0) is 30.7 Å². The van der Waals surface area contributed by atoms with E-state index in [0.717, 1.165) is 43.4 Å². The van der Waals surface area contributed by atoms with E-state index in [0.29, 0.717) is 6.61 Å². The largest absolute Gasteiger partial charge is 0.494 e. The summed E-state index contributed by atoms with van der Waals surface area (Å²) in [6.07, 6.45) is 0.957. The van der Waals surface area contributed by atoms with Crippen LogP contribution in [-0.4, -0.2) is 55.4 Å². The van der Waals surface area contributed by atoms with E-state index in [2.05, 4.69) is 10.2 Å². The van der Waals surface area contributed by atoms with Crippen molar-refractivity contribution in [1.82, 2.24) is 10.2 Å². The fourth-order valence-electron chi connectivity index (χ4n) is 2.27. The van der Waals surface area contributed by atoms with E-state index in [1.165, 1.54) is 0 Å². The van der Waals surface area contributed by atoms with E-state index in [9.17, 15) is 5.11 Å². The number of halogens is 1. The van der Waals surface area contributed by atoms with E-state index >= 15 is 0 Å². The van der Waals surface area contributed by atoms with Crippen LogP contribution in [0.4, 0.5) is 0 Å². The maximum Gasteiger partial charge on any atom is 0.119 e. The van der Waals surface area contributed by atoms with Crippen LogP contribution in [-0.2, 0) is 0 Å². The zero-order chi connectivity index (χ0) is 13.5. The lowest BCUT2D eigenvalue weighted by atomic mass is 10.2. The lowest BCUT2D eigenvalue weighted by Gasteiger charge is -2.34. The standard InChI is InChI=1S/C14H21ClN2O2/c15-12-2-4-14(5-3-12)19-9-1-7-17-8-6-16-10-13(17)11-18/h2-5,13,16,18H,1,6-11H2. The highest BCUT2D eigenvalue weighted by atomic mass is 35.5. The zero-order valence-electron chi connectivity index (χ0n) is 11.0. The molecule has 19 heavy (non-hydrogen) atoms. The van der Waals surface area contributed by atoms with Crippen LogP contribution in [0.2, 0.25) is 5.02 Å². The summed E-state index contributed by atoms with van der Waals surface area (Å²) < 4.78 is 5.66. The van der Waals surface area contributed by atoms with Gasteiger partial charge in [-0.1, -0.05) is 11.6 Å². The predicted molar refractivity (Wildman–Crippen MR) is 76.9 cm³/mol. The Bertz CT molecular complexity index is 372. The summed E-state index contributed by atoms with van der Waals surface area (Å²) in [5.74, 6) is 0.850. The van der Waals surface area contributed by atoms with E-state index in [1.54, 1.807) is 0 Å². The third-order valence-corrected chi connectivity index (χ3v) is 3.61. The van der Waals surface area contributed by atoms with Gasteiger partial charge in [-0.3, -0.25) is 4.90 Å². The fraction of sp³-hybridized carbons (Fsp3) is 0.571. The molecule has 1 aromatic rings. The van der Waals surface area contributed by atoms with E-state index < -0.39 is 0 Å². The quantitative estimate of drug-likeness (QED) is 0.775. The van der Waals surface area contributed by atoms with Gasteiger partial charge in [-0.15, -0.1) is 0 Å². The molecule has 1 heterocycles. The van der Waals surface area contributed by atoms with Crippen LogP contribution < -0.4 is 10.1 Å². The average molecular weight is 285 g/mol. The molecule has 1 aromatic carbocycles. The first-order valence-electron chi connectivity index (χ1n) is 6.73.